The van der Waals surface area contributed by atoms with Gasteiger partial charge in [-0.2, -0.15) is 9.40 Å². The van der Waals surface area contributed by atoms with Crippen LogP contribution in [0.5, 0.6) is 0 Å². The van der Waals surface area contributed by atoms with Crippen LogP contribution >= 0.6 is 11.3 Å². The third-order valence-electron chi connectivity index (χ3n) is 5.70. The number of sulfonamides is 1. The SMILES string of the molecule is Cc1sc2c([C@H]3CCCN(S(=O)(=O)c4cnn(C)c4C)C3)nc(C)n2c1C. The molecular weight excluding hydrogens is 382 g/mol. The van der Waals surface area contributed by atoms with Crippen LogP contribution in [0.2, 0.25) is 0 Å². The van der Waals surface area contributed by atoms with Gasteiger partial charge >= 0.3 is 0 Å². The van der Waals surface area contributed by atoms with Crippen molar-refractivity contribution in [2.45, 2.75) is 51.3 Å². The van der Waals surface area contributed by atoms with Crippen LogP contribution in [0.25, 0.3) is 4.83 Å². The molecule has 0 radical (unpaired) electrons. The van der Waals surface area contributed by atoms with Crippen LogP contribution in [0.15, 0.2) is 11.1 Å². The number of aromatic nitrogens is 4. The lowest BCUT2D eigenvalue weighted by atomic mass is 9.97. The fourth-order valence-electron chi connectivity index (χ4n) is 3.92. The highest BCUT2D eigenvalue weighted by Gasteiger charge is 2.35. The average Bonchev–Trinajstić information content (AvgIpc) is 3.24. The maximum absolute atomic E-state index is 13.2. The molecular formula is C18H25N5O2S2. The van der Waals surface area contributed by atoms with E-state index in [0.717, 1.165) is 29.2 Å². The van der Waals surface area contributed by atoms with E-state index < -0.39 is 10.0 Å². The summed E-state index contributed by atoms with van der Waals surface area (Å²) < 4.78 is 31.8. The van der Waals surface area contributed by atoms with Gasteiger partial charge in [-0.3, -0.25) is 9.08 Å². The van der Waals surface area contributed by atoms with Gasteiger partial charge in [-0.25, -0.2) is 13.4 Å². The minimum absolute atomic E-state index is 0.117. The maximum atomic E-state index is 13.2. The minimum atomic E-state index is -3.54. The zero-order valence-corrected chi connectivity index (χ0v) is 18.0. The number of thiazole rings is 1. The molecule has 0 bridgehead atoms. The standard InChI is InChI=1S/C18H25N5O2S2/c1-11-13(3)26-18-17(20-14(4)23(11)18)15-7-6-8-22(10-15)27(24,25)16-9-19-21(5)12(16)2/h9,15H,6-8,10H2,1-5H3/t15-/m0/s1. The molecule has 9 heteroatoms. The fraction of sp³-hybridized carbons (Fsp3) is 0.556. The van der Waals surface area contributed by atoms with Gasteiger partial charge in [-0.15, -0.1) is 11.3 Å². The van der Waals surface area contributed by atoms with Gasteiger partial charge in [0.05, 0.1) is 17.6 Å². The van der Waals surface area contributed by atoms with Crippen molar-refractivity contribution in [3.05, 3.63) is 34.0 Å². The molecule has 4 heterocycles. The van der Waals surface area contributed by atoms with Gasteiger partial charge in [0.25, 0.3) is 0 Å². The van der Waals surface area contributed by atoms with Gasteiger partial charge < -0.3 is 0 Å². The number of piperidine rings is 1. The van der Waals surface area contributed by atoms with E-state index in [1.165, 1.54) is 16.8 Å². The van der Waals surface area contributed by atoms with Crippen molar-refractivity contribution in [3.63, 3.8) is 0 Å². The summed E-state index contributed by atoms with van der Waals surface area (Å²) >= 11 is 1.75. The summed E-state index contributed by atoms with van der Waals surface area (Å²) in [6.07, 6.45) is 3.25. The Morgan fingerprint density at radius 1 is 1.19 bits per heavy atom. The summed E-state index contributed by atoms with van der Waals surface area (Å²) in [5, 5.41) is 4.11. The van der Waals surface area contributed by atoms with Gasteiger partial charge in [-0.1, -0.05) is 0 Å². The Kier molecular flexibility index (Phi) is 4.44. The first kappa shape index (κ1) is 18.6. The highest BCUT2D eigenvalue weighted by molar-refractivity contribution is 7.89. The number of fused-ring (bicyclic) bond motifs is 1. The fourth-order valence-corrected chi connectivity index (χ4v) is 6.84. The summed E-state index contributed by atoms with van der Waals surface area (Å²) in [6.45, 7) is 9.07. The Bertz CT molecular complexity index is 1120. The predicted molar refractivity (Wildman–Crippen MR) is 106 cm³/mol. The van der Waals surface area contributed by atoms with Crippen LogP contribution < -0.4 is 0 Å². The van der Waals surface area contributed by atoms with E-state index in [1.54, 1.807) is 34.3 Å². The molecule has 0 N–H and O–H groups in total. The van der Waals surface area contributed by atoms with E-state index in [0.29, 0.717) is 23.7 Å². The van der Waals surface area contributed by atoms with Crippen LogP contribution in [-0.2, 0) is 17.1 Å². The van der Waals surface area contributed by atoms with E-state index in [-0.39, 0.29) is 5.92 Å². The molecule has 7 nitrogen and oxygen atoms in total. The maximum Gasteiger partial charge on any atom is 0.246 e. The molecule has 1 fully saturated rings. The van der Waals surface area contributed by atoms with Crippen molar-refractivity contribution in [1.29, 1.82) is 0 Å². The van der Waals surface area contributed by atoms with Gasteiger partial charge in [-0.05, 0) is 40.5 Å². The lowest BCUT2D eigenvalue weighted by Crippen LogP contribution is -2.39. The van der Waals surface area contributed by atoms with Crippen molar-refractivity contribution in [2.24, 2.45) is 7.05 Å². The predicted octanol–water partition coefficient (Wildman–Crippen LogP) is 2.93. The number of hydrogen-bond donors (Lipinski definition) is 0. The molecule has 0 spiro atoms. The molecule has 3 aromatic rings. The van der Waals surface area contributed by atoms with Crippen molar-refractivity contribution in [1.82, 2.24) is 23.5 Å². The highest BCUT2D eigenvalue weighted by Crippen LogP contribution is 2.36. The first-order valence-electron chi connectivity index (χ1n) is 9.15. The average molecular weight is 408 g/mol. The first-order chi connectivity index (χ1) is 12.7. The molecule has 1 atom stereocenters. The van der Waals surface area contributed by atoms with Crippen LogP contribution in [0.4, 0.5) is 0 Å². The molecule has 27 heavy (non-hydrogen) atoms. The smallest absolute Gasteiger partial charge is 0.246 e. The molecule has 0 aromatic carbocycles. The quantitative estimate of drug-likeness (QED) is 0.669. The third-order valence-corrected chi connectivity index (χ3v) is 8.86. The van der Waals surface area contributed by atoms with Crippen LogP contribution in [0.1, 0.15) is 46.5 Å². The van der Waals surface area contributed by atoms with E-state index in [4.69, 9.17) is 4.98 Å². The summed E-state index contributed by atoms with van der Waals surface area (Å²) in [5.74, 6) is 1.09. The van der Waals surface area contributed by atoms with Crippen molar-refractivity contribution < 1.29 is 8.42 Å². The molecule has 1 saturated heterocycles. The van der Waals surface area contributed by atoms with Gasteiger partial charge in [0.2, 0.25) is 10.0 Å². The normalized spacial score (nSPS) is 19.2. The molecule has 1 aliphatic heterocycles. The Balaban J connectivity index is 1.70. The van der Waals surface area contributed by atoms with E-state index in [9.17, 15) is 8.42 Å². The second-order valence-corrected chi connectivity index (χ2v) is 10.5. The van der Waals surface area contributed by atoms with Crippen LogP contribution in [0.3, 0.4) is 0 Å². The second kappa shape index (κ2) is 6.42. The molecule has 0 aliphatic carbocycles. The Labute approximate surface area is 163 Å². The van der Waals surface area contributed by atoms with Crippen molar-refractivity contribution in [2.75, 3.05) is 13.1 Å². The summed E-state index contributed by atoms with van der Waals surface area (Å²) in [7, 11) is -1.78. The van der Waals surface area contributed by atoms with Gasteiger partial charge in [0.1, 0.15) is 15.6 Å². The molecule has 1 aliphatic rings. The summed E-state index contributed by atoms with van der Waals surface area (Å²) in [4.78, 5) is 7.56. The third kappa shape index (κ3) is 2.83. The molecule has 0 amide bonds. The van der Waals surface area contributed by atoms with Crippen molar-refractivity contribution >= 4 is 26.2 Å². The Hall–Kier alpha value is -1.71. The topological polar surface area (TPSA) is 72.5 Å². The number of hydrogen-bond acceptors (Lipinski definition) is 5. The highest BCUT2D eigenvalue weighted by atomic mass is 32.2. The number of aryl methyl sites for hydroxylation is 4. The summed E-state index contributed by atoms with van der Waals surface area (Å²) in [6, 6.07) is 0. The lowest BCUT2D eigenvalue weighted by molar-refractivity contribution is 0.314. The number of imidazole rings is 1. The second-order valence-electron chi connectivity index (χ2n) is 7.35. The zero-order chi connectivity index (χ0) is 19.5. The lowest BCUT2D eigenvalue weighted by Gasteiger charge is -2.31. The number of rotatable bonds is 3. The molecule has 4 rings (SSSR count). The van der Waals surface area contributed by atoms with E-state index in [2.05, 4.69) is 23.3 Å². The monoisotopic (exact) mass is 407 g/mol. The van der Waals surface area contributed by atoms with Gasteiger partial charge in [0.15, 0.2) is 0 Å². The van der Waals surface area contributed by atoms with E-state index >= 15 is 0 Å². The molecule has 3 aromatic heterocycles. The Morgan fingerprint density at radius 3 is 2.59 bits per heavy atom. The van der Waals surface area contributed by atoms with Crippen LogP contribution in [0, 0.1) is 27.7 Å². The van der Waals surface area contributed by atoms with Gasteiger partial charge in [0, 0.05) is 36.6 Å². The molecule has 0 saturated carbocycles. The number of nitrogens with zero attached hydrogens (tertiary/aromatic N) is 5. The summed E-state index contributed by atoms with van der Waals surface area (Å²) in [5.41, 5.74) is 2.93. The molecule has 0 unspecified atom stereocenters. The van der Waals surface area contributed by atoms with Crippen LogP contribution in [-0.4, -0.2) is 45.0 Å². The Morgan fingerprint density at radius 2 is 1.93 bits per heavy atom. The van der Waals surface area contributed by atoms with E-state index in [1.807, 2.05) is 6.92 Å². The zero-order valence-electron chi connectivity index (χ0n) is 16.4. The minimum Gasteiger partial charge on any atom is -0.291 e. The first-order valence-corrected chi connectivity index (χ1v) is 11.4. The molecule has 146 valence electrons. The van der Waals surface area contributed by atoms with Crippen molar-refractivity contribution in [3.8, 4) is 0 Å². The largest absolute Gasteiger partial charge is 0.291 e.